The van der Waals surface area contributed by atoms with Gasteiger partial charge in [0.1, 0.15) is 0 Å². The van der Waals surface area contributed by atoms with Crippen molar-refractivity contribution < 1.29 is 8.42 Å². The van der Waals surface area contributed by atoms with Crippen LogP contribution in [0.5, 0.6) is 0 Å². The zero-order chi connectivity index (χ0) is 15.9. The van der Waals surface area contributed by atoms with Crippen molar-refractivity contribution in [1.82, 2.24) is 10.0 Å². The van der Waals surface area contributed by atoms with Gasteiger partial charge >= 0.3 is 0 Å². The maximum Gasteiger partial charge on any atom is 0.240 e. The molecular weight excluding hydrogens is 304 g/mol. The van der Waals surface area contributed by atoms with Crippen molar-refractivity contribution in [2.75, 3.05) is 18.6 Å². The van der Waals surface area contributed by atoms with Gasteiger partial charge in [-0.3, -0.25) is 0 Å². The molecule has 0 fully saturated rings. The first-order chi connectivity index (χ1) is 9.94. The lowest BCUT2D eigenvalue weighted by Gasteiger charge is -2.17. The van der Waals surface area contributed by atoms with Crippen LogP contribution >= 0.6 is 11.8 Å². The Morgan fingerprint density at radius 3 is 2.57 bits per heavy atom. The second kappa shape index (κ2) is 8.78. The maximum atomic E-state index is 12.5. The normalized spacial score (nSPS) is 14.9. The van der Waals surface area contributed by atoms with Gasteiger partial charge in [0.25, 0.3) is 0 Å². The van der Waals surface area contributed by atoms with Gasteiger partial charge < -0.3 is 5.32 Å². The Hall–Kier alpha value is -0.560. The van der Waals surface area contributed by atoms with Crippen LogP contribution in [0, 0.1) is 0 Å². The van der Waals surface area contributed by atoms with Crippen molar-refractivity contribution in [1.29, 1.82) is 0 Å². The second-order valence-corrected chi connectivity index (χ2v) is 7.66. The fourth-order valence-corrected chi connectivity index (χ4v) is 4.30. The average molecular weight is 331 g/mol. The molecule has 0 aliphatic carbocycles. The second-order valence-electron chi connectivity index (χ2n) is 5.03. The third kappa shape index (κ3) is 5.62. The van der Waals surface area contributed by atoms with E-state index >= 15 is 0 Å². The molecule has 0 saturated carbocycles. The van der Waals surface area contributed by atoms with Crippen molar-refractivity contribution >= 4 is 21.8 Å². The lowest BCUT2D eigenvalue weighted by molar-refractivity contribution is 0.557. The fraction of sp³-hybridized carbons (Fsp3) is 0.600. The third-order valence-electron chi connectivity index (χ3n) is 3.36. The summed E-state index contributed by atoms with van der Waals surface area (Å²) in [6, 6.07) is 7.26. The standard InChI is InChI=1S/C15H26N2O2S2/c1-5-14(11-20-4)17-21(18,19)15-9-7-8-13(10-15)12(3)16-6-2/h7-10,12,14,16-17H,5-6,11H2,1-4H3. The number of sulfonamides is 1. The smallest absolute Gasteiger partial charge is 0.240 e. The highest BCUT2D eigenvalue weighted by Gasteiger charge is 2.19. The number of hydrogen-bond acceptors (Lipinski definition) is 4. The molecule has 120 valence electrons. The van der Waals surface area contributed by atoms with Gasteiger partial charge in [0.05, 0.1) is 4.90 Å². The summed E-state index contributed by atoms with van der Waals surface area (Å²) in [5.74, 6) is 0.781. The van der Waals surface area contributed by atoms with E-state index < -0.39 is 10.0 Å². The monoisotopic (exact) mass is 330 g/mol. The molecule has 0 aromatic heterocycles. The maximum absolute atomic E-state index is 12.5. The Morgan fingerprint density at radius 2 is 2.00 bits per heavy atom. The molecule has 0 aliphatic heterocycles. The number of rotatable bonds is 9. The molecule has 1 aromatic rings. The fourth-order valence-electron chi connectivity index (χ4n) is 2.10. The summed E-state index contributed by atoms with van der Waals surface area (Å²) in [7, 11) is -3.46. The first-order valence-corrected chi connectivity index (χ1v) is 10.2. The summed E-state index contributed by atoms with van der Waals surface area (Å²) in [6.45, 7) is 6.91. The average Bonchev–Trinajstić information content (AvgIpc) is 2.47. The van der Waals surface area contributed by atoms with E-state index in [0.717, 1.165) is 24.3 Å². The minimum atomic E-state index is -3.46. The van der Waals surface area contributed by atoms with Crippen molar-refractivity contribution in [3.63, 3.8) is 0 Å². The number of hydrogen-bond donors (Lipinski definition) is 2. The van der Waals surface area contributed by atoms with Crippen LogP contribution in [0.15, 0.2) is 29.2 Å². The minimum absolute atomic E-state index is 0.0279. The first-order valence-electron chi connectivity index (χ1n) is 7.29. The van der Waals surface area contributed by atoms with E-state index in [1.807, 2.05) is 33.1 Å². The van der Waals surface area contributed by atoms with Gasteiger partial charge in [0, 0.05) is 17.8 Å². The molecule has 0 radical (unpaired) electrons. The topological polar surface area (TPSA) is 58.2 Å². The van der Waals surface area contributed by atoms with Crippen molar-refractivity contribution in [3.05, 3.63) is 29.8 Å². The van der Waals surface area contributed by atoms with E-state index in [1.54, 1.807) is 30.0 Å². The lowest BCUT2D eigenvalue weighted by atomic mass is 10.1. The van der Waals surface area contributed by atoms with E-state index in [0.29, 0.717) is 4.90 Å². The quantitative estimate of drug-likeness (QED) is 0.731. The molecule has 2 N–H and O–H groups in total. The summed E-state index contributed by atoms with van der Waals surface area (Å²) < 4.78 is 27.7. The van der Waals surface area contributed by atoms with Gasteiger partial charge in [0.2, 0.25) is 10.0 Å². The van der Waals surface area contributed by atoms with Crippen LogP contribution < -0.4 is 10.0 Å². The van der Waals surface area contributed by atoms with E-state index in [-0.39, 0.29) is 12.1 Å². The summed E-state index contributed by atoms with van der Waals surface area (Å²) in [6.07, 6.45) is 2.77. The predicted molar refractivity (Wildman–Crippen MR) is 91.3 cm³/mol. The van der Waals surface area contributed by atoms with Gasteiger partial charge in [0.15, 0.2) is 0 Å². The number of benzene rings is 1. The van der Waals surface area contributed by atoms with E-state index in [2.05, 4.69) is 10.0 Å². The van der Waals surface area contributed by atoms with Crippen LogP contribution in [-0.2, 0) is 10.0 Å². The largest absolute Gasteiger partial charge is 0.310 e. The summed E-state index contributed by atoms with van der Waals surface area (Å²) in [5, 5.41) is 3.29. The molecule has 0 aliphatic rings. The van der Waals surface area contributed by atoms with Crippen LogP contribution in [0.25, 0.3) is 0 Å². The molecule has 4 nitrogen and oxygen atoms in total. The van der Waals surface area contributed by atoms with E-state index in [4.69, 9.17) is 0 Å². The third-order valence-corrected chi connectivity index (χ3v) is 5.62. The minimum Gasteiger partial charge on any atom is -0.310 e. The SMILES string of the molecule is CCNC(C)c1cccc(S(=O)(=O)NC(CC)CSC)c1. The lowest BCUT2D eigenvalue weighted by Crippen LogP contribution is -2.36. The van der Waals surface area contributed by atoms with Crippen LogP contribution in [0.2, 0.25) is 0 Å². The number of nitrogens with one attached hydrogen (secondary N) is 2. The zero-order valence-electron chi connectivity index (χ0n) is 13.2. The molecule has 1 aromatic carbocycles. The van der Waals surface area contributed by atoms with Gasteiger partial charge in [-0.15, -0.1) is 0 Å². The van der Waals surface area contributed by atoms with Gasteiger partial charge in [-0.25, -0.2) is 13.1 Å². The Labute approximate surface area is 133 Å². The molecule has 0 spiro atoms. The van der Waals surface area contributed by atoms with Crippen molar-refractivity contribution in [2.24, 2.45) is 0 Å². The van der Waals surface area contributed by atoms with Crippen molar-refractivity contribution in [3.8, 4) is 0 Å². The Balaban J connectivity index is 2.95. The molecule has 6 heteroatoms. The summed E-state index contributed by atoms with van der Waals surface area (Å²) in [4.78, 5) is 0.337. The van der Waals surface area contributed by atoms with Crippen LogP contribution in [0.4, 0.5) is 0 Å². The van der Waals surface area contributed by atoms with Crippen LogP contribution in [0.3, 0.4) is 0 Å². The van der Waals surface area contributed by atoms with Gasteiger partial charge in [-0.1, -0.05) is 26.0 Å². The highest BCUT2D eigenvalue weighted by atomic mass is 32.2. The summed E-state index contributed by atoms with van der Waals surface area (Å²) >= 11 is 1.65. The Morgan fingerprint density at radius 1 is 1.29 bits per heavy atom. The zero-order valence-corrected chi connectivity index (χ0v) is 14.9. The first kappa shape index (κ1) is 18.5. The molecule has 0 heterocycles. The van der Waals surface area contributed by atoms with Gasteiger partial charge in [-0.05, 0) is 43.8 Å². The van der Waals surface area contributed by atoms with Gasteiger partial charge in [-0.2, -0.15) is 11.8 Å². The molecule has 0 saturated heterocycles. The molecule has 1 rings (SSSR count). The highest BCUT2D eigenvalue weighted by molar-refractivity contribution is 7.98. The predicted octanol–water partition coefficient (Wildman–Crippen LogP) is 2.78. The summed E-state index contributed by atoms with van der Waals surface area (Å²) in [5.41, 5.74) is 0.984. The van der Waals surface area contributed by atoms with Crippen LogP contribution in [-0.4, -0.2) is 33.0 Å². The van der Waals surface area contributed by atoms with Crippen LogP contribution in [0.1, 0.15) is 38.8 Å². The highest BCUT2D eigenvalue weighted by Crippen LogP contribution is 2.18. The molecule has 2 unspecified atom stereocenters. The molecule has 0 bridgehead atoms. The van der Waals surface area contributed by atoms with E-state index in [1.165, 1.54) is 0 Å². The Kier molecular flexibility index (Phi) is 7.73. The van der Waals surface area contributed by atoms with E-state index in [9.17, 15) is 8.42 Å². The molecule has 2 atom stereocenters. The Bertz CT molecular complexity index is 532. The molecule has 0 amide bonds. The number of thioether (sulfide) groups is 1. The van der Waals surface area contributed by atoms with Crippen molar-refractivity contribution in [2.45, 2.75) is 44.2 Å². The molecule has 21 heavy (non-hydrogen) atoms. The molecular formula is C15H26N2O2S2.